The van der Waals surface area contributed by atoms with Crippen molar-refractivity contribution < 1.29 is 0 Å². The second-order valence-corrected chi connectivity index (χ2v) is 4.53. The zero-order chi connectivity index (χ0) is 11.4. The number of aryl methyl sites for hydroxylation is 1. The topological polar surface area (TPSA) is 67.6 Å². The number of benzene rings is 1. The third-order valence-corrected chi connectivity index (χ3v) is 3.02. The maximum Gasteiger partial charge on any atom is 0.208 e. The lowest BCUT2D eigenvalue weighted by atomic mass is 10.1. The predicted molar refractivity (Wildman–Crippen MR) is 66.3 cm³/mol. The van der Waals surface area contributed by atoms with E-state index < -0.39 is 0 Å². The standard InChI is InChI=1S/C11H14N4S/c1-8-2-4-9(5-3-8)10-13-11(15-14-10)16-7-6-12/h2-5H,6-7,12H2,1H3,(H,13,14,15). The van der Waals surface area contributed by atoms with E-state index in [1.54, 1.807) is 11.8 Å². The molecule has 16 heavy (non-hydrogen) atoms. The third kappa shape index (κ3) is 2.62. The van der Waals surface area contributed by atoms with Gasteiger partial charge in [0.25, 0.3) is 0 Å². The van der Waals surface area contributed by atoms with Gasteiger partial charge in [0.05, 0.1) is 0 Å². The van der Waals surface area contributed by atoms with Crippen LogP contribution in [-0.4, -0.2) is 27.5 Å². The van der Waals surface area contributed by atoms with Gasteiger partial charge >= 0.3 is 0 Å². The lowest BCUT2D eigenvalue weighted by molar-refractivity contribution is 0.971. The van der Waals surface area contributed by atoms with E-state index >= 15 is 0 Å². The smallest absolute Gasteiger partial charge is 0.208 e. The second kappa shape index (κ2) is 5.14. The van der Waals surface area contributed by atoms with Gasteiger partial charge in [-0.1, -0.05) is 41.6 Å². The molecule has 1 heterocycles. The van der Waals surface area contributed by atoms with E-state index in [0.29, 0.717) is 6.54 Å². The molecule has 84 valence electrons. The van der Waals surface area contributed by atoms with Crippen molar-refractivity contribution in [2.75, 3.05) is 12.3 Å². The minimum atomic E-state index is 0.638. The lowest BCUT2D eigenvalue weighted by Crippen LogP contribution is -2.01. The van der Waals surface area contributed by atoms with Crippen LogP contribution in [0.5, 0.6) is 0 Å². The summed E-state index contributed by atoms with van der Waals surface area (Å²) < 4.78 is 0. The van der Waals surface area contributed by atoms with Gasteiger partial charge in [-0.15, -0.1) is 5.10 Å². The van der Waals surface area contributed by atoms with Crippen LogP contribution in [0.3, 0.4) is 0 Å². The molecule has 0 atom stereocenters. The van der Waals surface area contributed by atoms with Gasteiger partial charge in [0.1, 0.15) is 0 Å². The summed E-state index contributed by atoms with van der Waals surface area (Å²) in [6.45, 7) is 2.70. The van der Waals surface area contributed by atoms with E-state index in [1.807, 2.05) is 12.1 Å². The Morgan fingerprint density at radius 2 is 2.06 bits per heavy atom. The highest BCUT2D eigenvalue weighted by molar-refractivity contribution is 7.99. The fourth-order valence-corrected chi connectivity index (χ4v) is 1.87. The van der Waals surface area contributed by atoms with E-state index in [0.717, 1.165) is 22.3 Å². The molecule has 0 radical (unpaired) electrons. The summed E-state index contributed by atoms with van der Waals surface area (Å²) in [5, 5.41) is 7.80. The molecule has 1 aromatic heterocycles. The van der Waals surface area contributed by atoms with Gasteiger partial charge in [0.15, 0.2) is 5.82 Å². The quantitative estimate of drug-likeness (QED) is 0.792. The van der Waals surface area contributed by atoms with Crippen LogP contribution in [0.2, 0.25) is 0 Å². The van der Waals surface area contributed by atoms with Gasteiger partial charge in [-0.3, -0.25) is 5.10 Å². The zero-order valence-electron chi connectivity index (χ0n) is 9.10. The maximum atomic E-state index is 5.42. The predicted octanol–water partition coefficient (Wildman–Crippen LogP) is 1.83. The second-order valence-electron chi connectivity index (χ2n) is 3.47. The maximum absolute atomic E-state index is 5.42. The van der Waals surface area contributed by atoms with Crippen LogP contribution >= 0.6 is 11.8 Å². The summed E-state index contributed by atoms with van der Waals surface area (Å²) in [7, 11) is 0. The highest BCUT2D eigenvalue weighted by atomic mass is 32.2. The van der Waals surface area contributed by atoms with Crippen molar-refractivity contribution in [3.05, 3.63) is 29.8 Å². The highest BCUT2D eigenvalue weighted by Gasteiger charge is 2.05. The van der Waals surface area contributed by atoms with Crippen molar-refractivity contribution in [2.45, 2.75) is 12.1 Å². The molecule has 0 saturated carbocycles. The van der Waals surface area contributed by atoms with Gasteiger partial charge in [0, 0.05) is 17.9 Å². The Kier molecular flexibility index (Phi) is 3.58. The molecule has 0 aliphatic heterocycles. The summed E-state index contributed by atoms with van der Waals surface area (Å²) in [6.07, 6.45) is 0. The summed E-state index contributed by atoms with van der Waals surface area (Å²) in [5.41, 5.74) is 7.71. The number of thioether (sulfide) groups is 1. The van der Waals surface area contributed by atoms with Crippen LogP contribution in [0.1, 0.15) is 5.56 Å². The zero-order valence-corrected chi connectivity index (χ0v) is 9.92. The van der Waals surface area contributed by atoms with E-state index in [4.69, 9.17) is 5.73 Å². The van der Waals surface area contributed by atoms with Crippen molar-refractivity contribution in [1.82, 2.24) is 15.2 Å². The van der Waals surface area contributed by atoms with Crippen LogP contribution in [-0.2, 0) is 0 Å². The fourth-order valence-electron chi connectivity index (χ4n) is 1.30. The van der Waals surface area contributed by atoms with Gasteiger partial charge in [0.2, 0.25) is 5.16 Å². The molecular weight excluding hydrogens is 220 g/mol. The van der Waals surface area contributed by atoms with Gasteiger partial charge in [-0.25, -0.2) is 4.98 Å². The Balaban J connectivity index is 2.15. The first-order valence-corrected chi connectivity index (χ1v) is 6.10. The molecule has 4 nitrogen and oxygen atoms in total. The first kappa shape index (κ1) is 11.2. The number of H-pyrrole nitrogens is 1. The Labute approximate surface area is 98.7 Å². The Hall–Kier alpha value is -1.33. The molecule has 3 N–H and O–H groups in total. The van der Waals surface area contributed by atoms with Crippen molar-refractivity contribution in [3.63, 3.8) is 0 Å². The molecule has 0 fully saturated rings. The van der Waals surface area contributed by atoms with E-state index in [9.17, 15) is 0 Å². The van der Waals surface area contributed by atoms with Crippen molar-refractivity contribution in [3.8, 4) is 11.4 Å². The lowest BCUT2D eigenvalue weighted by Gasteiger charge is -1.96. The minimum Gasteiger partial charge on any atom is -0.330 e. The molecule has 0 aliphatic rings. The number of aromatic nitrogens is 3. The summed E-state index contributed by atoms with van der Waals surface area (Å²) in [5.74, 6) is 1.64. The van der Waals surface area contributed by atoms with Gasteiger partial charge in [-0.2, -0.15) is 0 Å². The molecule has 2 aromatic rings. The molecule has 5 heteroatoms. The summed E-state index contributed by atoms with van der Waals surface area (Å²) >= 11 is 1.56. The number of nitrogens with two attached hydrogens (primary N) is 1. The first-order chi connectivity index (χ1) is 7.79. The van der Waals surface area contributed by atoms with Crippen LogP contribution in [0.15, 0.2) is 29.4 Å². The number of hydrogen-bond acceptors (Lipinski definition) is 4. The van der Waals surface area contributed by atoms with E-state index in [2.05, 4.69) is 34.2 Å². The van der Waals surface area contributed by atoms with Crippen LogP contribution in [0.4, 0.5) is 0 Å². The van der Waals surface area contributed by atoms with Crippen LogP contribution in [0.25, 0.3) is 11.4 Å². The molecule has 2 rings (SSSR count). The van der Waals surface area contributed by atoms with Crippen LogP contribution < -0.4 is 5.73 Å². The molecule has 0 bridgehead atoms. The Bertz CT molecular complexity index is 449. The normalized spacial score (nSPS) is 10.6. The van der Waals surface area contributed by atoms with Gasteiger partial charge < -0.3 is 5.73 Å². The highest BCUT2D eigenvalue weighted by Crippen LogP contribution is 2.18. The minimum absolute atomic E-state index is 0.638. The number of nitrogens with one attached hydrogen (secondary N) is 1. The molecule has 0 amide bonds. The molecular formula is C11H14N4S. The van der Waals surface area contributed by atoms with Crippen LogP contribution in [0, 0.1) is 6.92 Å². The fraction of sp³-hybridized carbons (Fsp3) is 0.273. The monoisotopic (exact) mass is 234 g/mol. The SMILES string of the molecule is Cc1ccc(-c2nc(SCCN)n[nH]2)cc1. The Morgan fingerprint density at radius 1 is 1.31 bits per heavy atom. The molecule has 0 saturated heterocycles. The van der Waals surface area contributed by atoms with E-state index in [1.165, 1.54) is 5.56 Å². The Morgan fingerprint density at radius 3 is 2.75 bits per heavy atom. The number of nitrogens with zero attached hydrogens (tertiary/aromatic N) is 2. The largest absolute Gasteiger partial charge is 0.330 e. The molecule has 0 spiro atoms. The average molecular weight is 234 g/mol. The number of hydrogen-bond donors (Lipinski definition) is 2. The number of aromatic amines is 1. The van der Waals surface area contributed by atoms with Gasteiger partial charge in [-0.05, 0) is 6.92 Å². The van der Waals surface area contributed by atoms with Crippen molar-refractivity contribution in [1.29, 1.82) is 0 Å². The summed E-state index contributed by atoms with van der Waals surface area (Å²) in [4.78, 5) is 4.39. The third-order valence-electron chi connectivity index (χ3n) is 2.14. The van der Waals surface area contributed by atoms with E-state index in [-0.39, 0.29) is 0 Å². The average Bonchev–Trinajstić information content (AvgIpc) is 2.76. The summed E-state index contributed by atoms with van der Waals surface area (Å²) in [6, 6.07) is 8.19. The first-order valence-electron chi connectivity index (χ1n) is 5.12. The molecule has 0 aliphatic carbocycles. The van der Waals surface area contributed by atoms with Crippen molar-refractivity contribution in [2.24, 2.45) is 5.73 Å². The van der Waals surface area contributed by atoms with Crippen molar-refractivity contribution >= 4 is 11.8 Å². The molecule has 1 aromatic carbocycles. The molecule has 0 unspecified atom stereocenters. The number of rotatable bonds is 4.